The topological polar surface area (TPSA) is 63.0 Å². The maximum Gasteiger partial charge on any atom is 0.347 e. The van der Waals surface area contributed by atoms with Gasteiger partial charge in [0.15, 0.2) is 0 Å². The zero-order valence-electron chi connectivity index (χ0n) is 9.87. The maximum atomic E-state index is 11.8. The predicted molar refractivity (Wildman–Crippen MR) is 61.7 cm³/mol. The molecule has 16 heavy (non-hydrogen) atoms. The molecule has 0 fully saturated rings. The smallest absolute Gasteiger partial charge is 0.246 e. The van der Waals surface area contributed by atoms with Crippen LogP contribution >= 0.6 is 0 Å². The van der Waals surface area contributed by atoms with Crippen LogP contribution in [0, 0.1) is 6.92 Å². The molecule has 86 valence electrons. The van der Waals surface area contributed by atoms with Crippen LogP contribution in [0.15, 0.2) is 4.79 Å². The number of H-pyrrole nitrogens is 1. The van der Waals surface area contributed by atoms with Crippen LogP contribution < -0.4 is 5.69 Å². The molecular formula is C11H16N4O. The van der Waals surface area contributed by atoms with Crippen LogP contribution in [0.5, 0.6) is 0 Å². The van der Waals surface area contributed by atoms with E-state index in [1.807, 2.05) is 13.8 Å². The summed E-state index contributed by atoms with van der Waals surface area (Å²) < 4.78 is 1.66. The molecule has 0 atom stereocenters. The quantitative estimate of drug-likeness (QED) is 0.846. The highest BCUT2D eigenvalue weighted by atomic mass is 16.1. The first-order chi connectivity index (χ1) is 7.69. The highest BCUT2D eigenvalue weighted by molar-refractivity contribution is 5.56. The van der Waals surface area contributed by atoms with Gasteiger partial charge in [0.2, 0.25) is 0 Å². The fourth-order valence-corrected chi connectivity index (χ4v) is 2.00. The lowest BCUT2D eigenvalue weighted by molar-refractivity contribution is 0.770. The van der Waals surface area contributed by atoms with Gasteiger partial charge in [-0.25, -0.2) is 19.3 Å². The molecule has 1 N–H and O–H groups in total. The number of aromatic amines is 1. The molecule has 5 heteroatoms. The molecule has 2 rings (SSSR count). The minimum absolute atomic E-state index is 0.198. The van der Waals surface area contributed by atoms with Gasteiger partial charge in [-0.2, -0.15) is 5.10 Å². The van der Waals surface area contributed by atoms with Gasteiger partial charge in [0.05, 0.1) is 16.9 Å². The van der Waals surface area contributed by atoms with E-state index in [0.29, 0.717) is 0 Å². The van der Waals surface area contributed by atoms with Crippen LogP contribution in [0.4, 0.5) is 0 Å². The molecular weight excluding hydrogens is 204 g/mol. The van der Waals surface area contributed by atoms with Crippen molar-refractivity contribution in [3.05, 3.63) is 27.7 Å². The molecule has 0 bridgehead atoms. The Bertz CT molecular complexity index is 567. The van der Waals surface area contributed by atoms with Crippen molar-refractivity contribution in [1.82, 2.24) is 19.6 Å². The van der Waals surface area contributed by atoms with Gasteiger partial charge in [0.1, 0.15) is 5.82 Å². The Labute approximate surface area is 93.5 Å². The monoisotopic (exact) mass is 220 g/mol. The normalized spacial score (nSPS) is 11.2. The third-order valence-electron chi connectivity index (χ3n) is 2.69. The van der Waals surface area contributed by atoms with Gasteiger partial charge < -0.3 is 0 Å². The highest BCUT2D eigenvalue weighted by Crippen LogP contribution is 2.14. The number of aromatic nitrogens is 4. The molecule has 0 amide bonds. The van der Waals surface area contributed by atoms with Crippen LogP contribution in [0.2, 0.25) is 0 Å². The molecule has 0 aliphatic carbocycles. The predicted octanol–water partition coefficient (Wildman–Crippen LogP) is 1.24. The Hall–Kier alpha value is -1.65. The van der Waals surface area contributed by atoms with E-state index in [-0.39, 0.29) is 5.69 Å². The van der Waals surface area contributed by atoms with Crippen molar-refractivity contribution in [2.45, 2.75) is 40.0 Å². The van der Waals surface area contributed by atoms with Crippen molar-refractivity contribution >= 4 is 5.52 Å². The van der Waals surface area contributed by atoms with Gasteiger partial charge in [-0.3, -0.25) is 0 Å². The molecule has 5 nitrogen and oxygen atoms in total. The summed E-state index contributed by atoms with van der Waals surface area (Å²) in [4.78, 5) is 16.2. The molecule has 0 spiro atoms. The molecule has 0 saturated heterocycles. The maximum absolute atomic E-state index is 11.8. The van der Waals surface area contributed by atoms with Crippen molar-refractivity contribution in [2.24, 2.45) is 0 Å². The van der Waals surface area contributed by atoms with E-state index >= 15 is 0 Å². The zero-order chi connectivity index (χ0) is 11.7. The summed E-state index contributed by atoms with van der Waals surface area (Å²) in [5.74, 6) is 0.827. The Morgan fingerprint density at radius 3 is 2.75 bits per heavy atom. The Morgan fingerprint density at radius 1 is 1.38 bits per heavy atom. The van der Waals surface area contributed by atoms with Crippen LogP contribution in [-0.4, -0.2) is 19.6 Å². The van der Waals surface area contributed by atoms with E-state index in [1.165, 1.54) is 0 Å². The van der Waals surface area contributed by atoms with Crippen LogP contribution in [0.3, 0.4) is 0 Å². The largest absolute Gasteiger partial charge is 0.347 e. The lowest BCUT2D eigenvalue weighted by Crippen LogP contribution is -2.21. The van der Waals surface area contributed by atoms with Crippen molar-refractivity contribution in [3.63, 3.8) is 0 Å². The Morgan fingerprint density at radius 2 is 2.12 bits per heavy atom. The fourth-order valence-electron chi connectivity index (χ4n) is 2.00. The third kappa shape index (κ3) is 1.52. The summed E-state index contributed by atoms with van der Waals surface area (Å²) in [5.41, 5.74) is 2.46. The van der Waals surface area contributed by atoms with Crippen LogP contribution in [0.25, 0.3) is 5.52 Å². The number of rotatable bonds is 3. The average Bonchev–Trinajstić information content (AvgIpc) is 2.59. The molecule has 2 aromatic heterocycles. The SMILES string of the molecule is CCCc1nc(C)c2c(CC)n[nH]c(=O)n12. The van der Waals surface area contributed by atoms with Gasteiger partial charge >= 0.3 is 5.69 Å². The van der Waals surface area contributed by atoms with Gasteiger partial charge in [-0.1, -0.05) is 13.8 Å². The lowest BCUT2D eigenvalue weighted by Gasteiger charge is -2.01. The number of hydrogen-bond acceptors (Lipinski definition) is 3. The Kier molecular flexibility index (Phi) is 2.77. The molecule has 2 aromatic rings. The van der Waals surface area contributed by atoms with Gasteiger partial charge in [-0.05, 0) is 19.8 Å². The second-order valence-corrected chi connectivity index (χ2v) is 3.88. The summed E-state index contributed by atoms with van der Waals surface area (Å²) in [6, 6.07) is 0. The number of nitrogens with one attached hydrogen (secondary N) is 1. The van der Waals surface area contributed by atoms with Crippen molar-refractivity contribution in [1.29, 1.82) is 0 Å². The molecule has 0 aliphatic heterocycles. The van der Waals surface area contributed by atoms with E-state index in [9.17, 15) is 4.79 Å². The summed E-state index contributed by atoms with van der Waals surface area (Å²) in [5, 5.41) is 6.58. The summed E-state index contributed by atoms with van der Waals surface area (Å²) in [6.45, 7) is 6.02. The van der Waals surface area contributed by atoms with Gasteiger partial charge in [0.25, 0.3) is 0 Å². The van der Waals surface area contributed by atoms with Crippen molar-refractivity contribution in [2.75, 3.05) is 0 Å². The second kappa shape index (κ2) is 4.08. The first kappa shape index (κ1) is 10.9. The summed E-state index contributed by atoms with van der Waals surface area (Å²) in [6.07, 6.45) is 2.57. The fraction of sp³-hybridized carbons (Fsp3) is 0.545. The second-order valence-electron chi connectivity index (χ2n) is 3.88. The number of hydrogen-bond donors (Lipinski definition) is 1. The first-order valence-corrected chi connectivity index (χ1v) is 5.64. The highest BCUT2D eigenvalue weighted by Gasteiger charge is 2.13. The molecule has 0 radical (unpaired) electrons. The van der Waals surface area contributed by atoms with Gasteiger partial charge in [-0.15, -0.1) is 0 Å². The minimum atomic E-state index is -0.198. The molecule has 0 aliphatic rings. The number of imidazole rings is 1. The third-order valence-corrected chi connectivity index (χ3v) is 2.69. The lowest BCUT2D eigenvalue weighted by atomic mass is 10.2. The van der Waals surface area contributed by atoms with Crippen LogP contribution in [-0.2, 0) is 12.8 Å². The van der Waals surface area contributed by atoms with E-state index in [2.05, 4.69) is 22.1 Å². The first-order valence-electron chi connectivity index (χ1n) is 5.64. The average molecular weight is 220 g/mol. The molecule has 0 saturated carbocycles. The van der Waals surface area contributed by atoms with Gasteiger partial charge in [0, 0.05) is 6.42 Å². The number of aryl methyl sites for hydroxylation is 3. The van der Waals surface area contributed by atoms with Crippen molar-refractivity contribution in [3.8, 4) is 0 Å². The molecule has 0 unspecified atom stereocenters. The Balaban J connectivity index is 2.83. The standard InChI is InChI=1S/C11H16N4O/c1-4-6-9-12-7(3)10-8(5-2)13-14-11(16)15(9)10/h4-6H2,1-3H3,(H,14,16). The summed E-state index contributed by atoms with van der Waals surface area (Å²) >= 11 is 0. The number of nitrogens with zero attached hydrogens (tertiary/aromatic N) is 3. The zero-order valence-corrected chi connectivity index (χ0v) is 9.87. The van der Waals surface area contributed by atoms with Crippen LogP contribution in [0.1, 0.15) is 37.5 Å². The molecule has 0 aromatic carbocycles. The van der Waals surface area contributed by atoms with E-state index in [1.54, 1.807) is 4.40 Å². The van der Waals surface area contributed by atoms with E-state index < -0.39 is 0 Å². The van der Waals surface area contributed by atoms with E-state index in [4.69, 9.17) is 0 Å². The molecule has 2 heterocycles. The number of fused-ring (bicyclic) bond motifs is 1. The summed E-state index contributed by atoms with van der Waals surface area (Å²) in [7, 11) is 0. The van der Waals surface area contributed by atoms with E-state index in [0.717, 1.165) is 42.0 Å². The minimum Gasteiger partial charge on any atom is -0.246 e. The van der Waals surface area contributed by atoms with Crippen molar-refractivity contribution < 1.29 is 0 Å².